The second kappa shape index (κ2) is 7.75. The number of rotatable bonds is 8. The molecule has 1 rings (SSSR count). The van der Waals surface area contributed by atoms with Crippen molar-refractivity contribution < 1.29 is 22.7 Å². The SMILES string of the molecule is C=C(C)COCCNS(=O)(=O)C1CCCC1C(=O)OC. The van der Waals surface area contributed by atoms with Gasteiger partial charge >= 0.3 is 5.97 Å². The summed E-state index contributed by atoms with van der Waals surface area (Å²) in [6.45, 7) is 6.41. The van der Waals surface area contributed by atoms with Crippen LogP contribution in [0.4, 0.5) is 0 Å². The van der Waals surface area contributed by atoms with Crippen LogP contribution in [0.2, 0.25) is 0 Å². The van der Waals surface area contributed by atoms with Gasteiger partial charge in [-0.25, -0.2) is 13.1 Å². The van der Waals surface area contributed by atoms with Crippen molar-refractivity contribution in [2.75, 3.05) is 26.9 Å². The van der Waals surface area contributed by atoms with E-state index in [0.717, 1.165) is 12.0 Å². The lowest BCUT2D eigenvalue weighted by Crippen LogP contribution is -2.40. The molecule has 0 heterocycles. The Hall–Kier alpha value is -0.920. The van der Waals surface area contributed by atoms with Gasteiger partial charge < -0.3 is 9.47 Å². The smallest absolute Gasteiger partial charge is 0.310 e. The summed E-state index contributed by atoms with van der Waals surface area (Å²) in [6, 6.07) is 0. The Morgan fingerprint density at radius 2 is 2.10 bits per heavy atom. The number of esters is 1. The molecule has 0 amide bonds. The van der Waals surface area contributed by atoms with Crippen LogP contribution in [0.25, 0.3) is 0 Å². The number of methoxy groups -OCH3 is 1. The van der Waals surface area contributed by atoms with Gasteiger partial charge in [0.2, 0.25) is 10.0 Å². The zero-order chi connectivity index (χ0) is 15.2. The Balaban J connectivity index is 2.47. The Labute approximate surface area is 120 Å². The number of carbonyl (C=O) groups is 1. The predicted molar refractivity (Wildman–Crippen MR) is 75.7 cm³/mol. The molecule has 0 radical (unpaired) electrons. The number of carbonyl (C=O) groups excluding carboxylic acids is 1. The first-order chi connectivity index (χ1) is 9.38. The van der Waals surface area contributed by atoms with Crippen LogP contribution < -0.4 is 4.72 Å². The average molecular weight is 305 g/mol. The highest BCUT2D eigenvalue weighted by molar-refractivity contribution is 7.90. The van der Waals surface area contributed by atoms with E-state index in [2.05, 4.69) is 16.0 Å². The average Bonchev–Trinajstić information content (AvgIpc) is 2.87. The van der Waals surface area contributed by atoms with Crippen LogP contribution in [-0.2, 0) is 24.3 Å². The maximum Gasteiger partial charge on any atom is 0.310 e. The fraction of sp³-hybridized carbons (Fsp3) is 0.769. The summed E-state index contributed by atoms with van der Waals surface area (Å²) < 4.78 is 36.7. The molecule has 0 bridgehead atoms. The minimum atomic E-state index is -3.52. The molecule has 0 aromatic carbocycles. The van der Waals surface area contributed by atoms with Crippen LogP contribution in [0.15, 0.2) is 12.2 Å². The first-order valence-electron chi connectivity index (χ1n) is 6.67. The van der Waals surface area contributed by atoms with Crippen molar-refractivity contribution in [3.8, 4) is 0 Å². The Bertz CT molecular complexity index is 446. The second-order valence-corrected chi connectivity index (χ2v) is 7.03. The van der Waals surface area contributed by atoms with E-state index < -0.39 is 27.2 Å². The lowest BCUT2D eigenvalue weighted by atomic mass is 10.1. The highest BCUT2D eigenvalue weighted by Crippen LogP contribution is 2.31. The Morgan fingerprint density at radius 3 is 2.70 bits per heavy atom. The molecule has 1 N–H and O–H groups in total. The quantitative estimate of drug-likeness (QED) is 0.408. The summed E-state index contributed by atoms with van der Waals surface area (Å²) >= 11 is 0. The molecule has 0 spiro atoms. The van der Waals surface area contributed by atoms with Gasteiger partial charge in [0.05, 0.1) is 31.5 Å². The lowest BCUT2D eigenvalue weighted by Gasteiger charge is -2.18. The van der Waals surface area contributed by atoms with Gasteiger partial charge in [0.25, 0.3) is 0 Å². The van der Waals surface area contributed by atoms with Crippen molar-refractivity contribution in [1.82, 2.24) is 4.72 Å². The van der Waals surface area contributed by atoms with E-state index in [0.29, 0.717) is 19.4 Å². The van der Waals surface area contributed by atoms with E-state index in [4.69, 9.17) is 4.74 Å². The molecule has 2 unspecified atom stereocenters. The van der Waals surface area contributed by atoms with Crippen LogP contribution in [0.3, 0.4) is 0 Å². The van der Waals surface area contributed by atoms with Gasteiger partial charge in [-0.15, -0.1) is 0 Å². The molecule has 2 atom stereocenters. The minimum Gasteiger partial charge on any atom is -0.469 e. The molecule has 6 nitrogen and oxygen atoms in total. The first-order valence-corrected chi connectivity index (χ1v) is 8.21. The molecule has 20 heavy (non-hydrogen) atoms. The summed E-state index contributed by atoms with van der Waals surface area (Å²) in [4.78, 5) is 11.6. The first kappa shape index (κ1) is 17.1. The van der Waals surface area contributed by atoms with E-state index in [1.807, 2.05) is 6.92 Å². The molecular formula is C13H23NO5S. The molecule has 1 fully saturated rings. The van der Waals surface area contributed by atoms with Gasteiger partial charge in [-0.05, 0) is 19.8 Å². The van der Waals surface area contributed by atoms with Gasteiger partial charge in [-0.3, -0.25) is 4.79 Å². The van der Waals surface area contributed by atoms with Crippen molar-refractivity contribution in [3.63, 3.8) is 0 Å². The van der Waals surface area contributed by atoms with Crippen molar-refractivity contribution in [1.29, 1.82) is 0 Å². The Kier molecular flexibility index (Phi) is 6.64. The standard InChI is InChI=1S/C13H23NO5S/c1-10(2)9-19-8-7-14-20(16,17)12-6-4-5-11(12)13(15)18-3/h11-12,14H,1,4-9H2,2-3H3. The molecular weight excluding hydrogens is 282 g/mol. The van der Waals surface area contributed by atoms with E-state index in [-0.39, 0.29) is 13.2 Å². The molecule has 0 aromatic heterocycles. The summed E-state index contributed by atoms with van der Waals surface area (Å²) in [5.74, 6) is -1.01. The van der Waals surface area contributed by atoms with Gasteiger partial charge in [0.15, 0.2) is 0 Å². The Morgan fingerprint density at radius 1 is 1.40 bits per heavy atom. The van der Waals surface area contributed by atoms with Crippen LogP contribution in [-0.4, -0.2) is 46.5 Å². The van der Waals surface area contributed by atoms with Crippen molar-refractivity contribution in [2.24, 2.45) is 5.92 Å². The molecule has 0 aromatic rings. The van der Waals surface area contributed by atoms with Crippen molar-refractivity contribution in [3.05, 3.63) is 12.2 Å². The molecule has 1 aliphatic carbocycles. The number of sulfonamides is 1. The molecule has 0 saturated heterocycles. The third kappa shape index (κ3) is 4.88. The fourth-order valence-electron chi connectivity index (χ4n) is 2.33. The highest BCUT2D eigenvalue weighted by atomic mass is 32.2. The summed E-state index contributed by atoms with van der Waals surface area (Å²) in [7, 11) is -2.24. The zero-order valence-corrected chi connectivity index (χ0v) is 12.9. The van der Waals surface area contributed by atoms with E-state index in [9.17, 15) is 13.2 Å². The van der Waals surface area contributed by atoms with Crippen LogP contribution in [0, 0.1) is 5.92 Å². The zero-order valence-electron chi connectivity index (χ0n) is 12.1. The molecule has 1 aliphatic rings. The molecule has 0 aliphatic heterocycles. The summed E-state index contributed by atoms with van der Waals surface area (Å²) in [5.41, 5.74) is 0.884. The number of ether oxygens (including phenoxy) is 2. The minimum absolute atomic E-state index is 0.194. The number of nitrogens with one attached hydrogen (secondary N) is 1. The van der Waals surface area contributed by atoms with Gasteiger partial charge in [0.1, 0.15) is 0 Å². The van der Waals surface area contributed by atoms with Gasteiger partial charge in [-0.1, -0.05) is 18.6 Å². The summed E-state index contributed by atoms with van der Waals surface area (Å²) in [5, 5.41) is -0.698. The fourth-order valence-corrected chi connectivity index (χ4v) is 4.07. The monoisotopic (exact) mass is 305 g/mol. The van der Waals surface area contributed by atoms with Crippen molar-refractivity contribution in [2.45, 2.75) is 31.4 Å². The van der Waals surface area contributed by atoms with E-state index in [1.54, 1.807) is 0 Å². The van der Waals surface area contributed by atoms with Crippen molar-refractivity contribution >= 4 is 16.0 Å². The van der Waals surface area contributed by atoms with Crippen LogP contribution in [0.1, 0.15) is 26.2 Å². The lowest BCUT2D eigenvalue weighted by molar-refractivity contribution is -0.145. The van der Waals surface area contributed by atoms with Gasteiger partial charge in [-0.2, -0.15) is 0 Å². The number of hydrogen-bond acceptors (Lipinski definition) is 5. The van der Waals surface area contributed by atoms with Crippen LogP contribution >= 0.6 is 0 Å². The third-order valence-electron chi connectivity index (χ3n) is 3.25. The van der Waals surface area contributed by atoms with Crippen LogP contribution in [0.5, 0.6) is 0 Å². The van der Waals surface area contributed by atoms with Gasteiger partial charge in [0, 0.05) is 6.54 Å². The topological polar surface area (TPSA) is 81.7 Å². The maximum absolute atomic E-state index is 12.2. The second-order valence-electron chi connectivity index (χ2n) is 5.05. The largest absolute Gasteiger partial charge is 0.469 e. The van der Waals surface area contributed by atoms with E-state index in [1.165, 1.54) is 7.11 Å². The number of hydrogen-bond donors (Lipinski definition) is 1. The molecule has 1 saturated carbocycles. The molecule has 7 heteroatoms. The molecule has 116 valence electrons. The maximum atomic E-state index is 12.2. The van der Waals surface area contributed by atoms with E-state index >= 15 is 0 Å². The third-order valence-corrected chi connectivity index (χ3v) is 5.22. The highest BCUT2D eigenvalue weighted by Gasteiger charge is 2.41. The normalized spacial score (nSPS) is 22.7. The summed E-state index contributed by atoms with van der Waals surface area (Å²) in [6.07, 6.45) is 1.77. The predicted octanol–water partition coefficient (Wildman–Crippen LogP) is 0.840.